The second-order valence-corrected chi connectivity index (χ2v) is 8.13. The molecule has 1 aliphatic heterocycles. The summed E-state index contributed by atoms with van der Waals surface area (Å²) in [4.78, 5) is 4.83. The average molecular weight is 346 g/mol. The molecule has 1 aromatic carbocycles. The number of piperazine rings is 1. The van der Waals surface area contributed by atoms with E-state index in [1.54, 1.807) is 18.2 Å². The van der Waals surface area contributed by atoms with Crippen molar-refractivity contribution in [2.75, 3.05) is 46.3 Å². The maximum Gasteiger partial charge on any atom is 0.242 e. The lowest BCUT2D eigenvalue weighted by Gasteiger charge is -2.33. The van der Waals surface area contributed by atoms with E-state index in [4.69, 9.17) is 11.6 Å². The highest BCUT2D eigenvalue weighted by Gasteiger charge is 2.20. The summed E-state index contributed by atoms with van der Waals surface area (Å²) >= 11 is 5.96. The molecule has 0 saturated carbocycles. The Balaban J connectivity index is 1.85. The van der Waals surface area contributed by atoms with Gasteiger partial charge in [-0.2, -0.15) is 0 Å². The summed E-state index contributed by atoms with van der Waals surface area (Å²) < 4.78 is 27.2. The van der Waals surface area contributed by atoms with Gasteiger partial charge in [0.25, 0.3) is 0 Å². The maximum absolute atomic E-state index is 12.3. The minimum Gasteiger partial charge on any atom is -0.304 e. The Morgan fingerprint density at radius 2 is 1.86 bits per heavy atom. The van der Waals surface area contributed by atoms with E-state index in [0.29, 0.717) is 6.54 Å². The largest absolute Gasteiger partial charge is 0.304 e. The summed E-state index contributed by atoms with van der Waals surface area (Å²) in [6.07, 6.45) is 0. The predicted octanol–water partition coefficient (Wildman–Crippen LogP) is 1.50. The molecule has 1 fully saturated rings. The number of halogens is 1. The molecule has 0 aliphatic carbocycles. The topological polar surface area (TPSA) is 52.7 Å². The third-order valence-electron chi connectivity index (χ3n) is 3.91. The Kier molecular flexibility index (Phi) is 6.23. The highest BCUT2D eigenvalue weighted by molar-refractivity contribution is 7.89. The van der Waals surface area contributed by atoms with Crippen LogP contribution >= 0.6 is 11.6 Å². The molecule has 22 heavy (non-hydrogen) atoms. The molecule has 5 nitrogen and oxygen atoms in total. The number of likely N-dealkylation sites (N-methyl/N-ethyl adjacent to an activating group) is 1. The van der Waals surface area contributed by atoms with E-state index in [1.807, 2.05) is 0 Å². The van der Waals surface area contributed by atoms with Crippen molar-refractivity contribution in [3.8, 4) is 0 Å². The third-order valence-corrected chi connectivity index (χ3v) is 5.84. The Hall–Kier alpha value is -0.660. The molecule has 0 radical (unpaired) electrons. The standard InChI is InChI=1S/C15H24ClN3O2S/c1-13(12-19-9-7-18(2)8-10-19)11-17-22(20,21)15-6-4-3-5-14(15)16/h3-6,13,17H,7-12H2,1-2H3. The third kappa shape index (κ3) is 4.93. The van der Waals surface area contributed by atoms with Crippen LogP contribution < -0.4 is 4.72 Å². The minimum atomic E-state index is -3.54. The van der Waals surface area contributed by atoms with E-state index in [0.717, 1.165) is 32.7 Å². The first-order chi connectivity index (χ1) is 10.4. The van der Waals surface area contributed by atoms with Gasteiger partial charge in [-0.15, -0.1) is 0 Å². The van der Waals surface area contributed by atoms with Crippen molar-refractivity contribution >= 4 is 21.6 Å². The second-order valence-electron chi connectivity index (χ2n) is 5.99. The van der Waals surface area contributed by atoms with Gasteiger partial charge in [-0.25, -0.2) is 13.1 Å². The number of nitrogens with zero attached hydrogens (tertiary/aromatic N) is 2. The fraction of sp³-hybridized carbons (Fsp3) is 0.600. The summed E-state index contributed by atoms with van der Waals surface area (Å²) in [5, 5.41) is 0.252. The van der Waals surface area contributed by atoms with Gasteiger partial charge in [-0.1, -0.05) is 30.7 Å². The zero-order valence-corrected chi connectivity index (χ0v) is 14.7. The quantitative estimate of drug-likeness (QED) is 0.849. The molecule has 7 heteroatoms. The molecule has 0 aromatic heterocycles. The molecule has 0 amide bonds. The normalized spacial score (nSPS) is 19.2. The van der Waals surface area contributed by atoms with Crippen LogP contribution in [0.5, 0.6) is 0 Å². The molecule has 1 saturated heterocycles. The predicted molar refractivity (Wildman–Crippen MR) is 89.7 cm³/mol. The number of rotatable bonds is 6. The lowest BCUT2D eigenvalue weighted by molar-refractivity contribution is 0.139. The van der Waals surface area contributed by atoms with Crippen LogP contribution in [0.2, 0.25) is 5.02 Å². The number of hydrogen-bond donors (Lipinski definition) is 1. The summed E-state index contributed by atoms with van der Waals surface area (Å²) in [5.74, 6) is 0.251. The zero-order chi connectivity index (χ0) is 16.2. The van der Waals surface area contributed by atoms with Crippen LogP contribution in [0.1, 0.15) is 6.92 Å². The van der Waals surface area contributed by atoms with Crippen LogP contribution in [0.25, 0.3) is 0 Å². The SMILES string of the molecule is CC(CNS(=O)(=O)c1ccccc1Cl)CN1CCN(C)CC1. The molecule has 1 aliphatic rings. The number of hydrogen-bond acceptors (Lipinski definition) is 4. The molecule has 1 atom stereocenters. The first kappa shape index (κ1) is 17.7. The van der Waals surface area contributed by atoms with Crippen LogP contribution in [0.15, 0.2) is 29.2 Å². The molecule has 124 valence electrons. The fourth-order valence-corrected chi connectivity index (χ4v) is 4.21. The van der Waals surface area contributed by atoms with Crippen molar-refractivity contribution in [1.29, 1.82) is 0 Å². The lowest BCUT2D eigenvalue weighted by atomic mass is 10.1. The van der Waals surface area contributed by atoms with Crippen molar-refractivity contribution in [1.82, 2.24) is 14.5 Å². The molecule has 1 heterocycles. The number of nitrogens with one attached hydrogen (secondary N) is 1. The molecular formula is C15H24ClN3O2S. The smallest absolute Gasteiger partial charge is 0.242 e. The van der Waals surface area contributed by atoms with Crippen LogP contribution in [0.4, 0.5) is 0 Å². The number of sulfonamides is 1. The monoisotopic (exact) mass is 345 g/mol. The second kappa shape index (κ2) is 7.75. The van der Waals surface area contributed by atoms with Gasteiger partial charge in [-0.05, 0) is 25.1 Å². The molecule has 1 N–H and O–H groups in total. The summed E-state index contributed by atoms with van der Waals surface area (Å²) in [6.45, 7) is 7.60. The molecular weight excluding hydrogens is 322 g/mol. The minimum absolute atomic E-state index is 0.142. The van der Waals surface area contributed by atoms with Gasteiger partial charge in [0.1, 0.15) is 4.90 Å². The van der Waals surface area contributed by atoms with Crippen molar-refractivity contribution in [3.05, 3.63) is 29.3 Å². The van der Waals surface area contributed by atoms with Crippen molar-refractivity contribution in [3.63, 3.8) is 0 Å². The van der Waals surface area contributed by atoms with Gasteiger partial charge in [0, 0.05) is 39.3 Å². The van der Waals surface area contributed by atoms with E-state index < -0.39 is 10.0 Å². The van der Waals surface area contributed by atoms with E-state index >= 15 is 0 Å². The van der Waals surface area contributed by atoms with Gasteiger partial charge in [-0.3, -0.25) is 0 Å². The summed E-state index contributed by atoms with van der Waals surface area (Å²) in [5.41, 5.74) is 0. The van der Waals surface area contributed by atoms with Crippen molar-refractivity contribution < 1.29 is 8.42 Å². The van der Waals surface area contributed by atoms with Gasteiger partial charge >= 0.3 is 0 Å². The summed E-state index contributed by atoms with van der Waals surface area (Å²) in [6, 6.07) is 6.50. The van der Waals surface area contributed by atoms with E-state index in [1.165, 1.54) is 6.07 Å². The van der Waals surface area contributed by atoms with E-state index in [2.05, 4.69) is 28.5 Å². The first-order valence-corrected chi connectivity index (χ1v) is 9.39. The van der Waals surface area contributed by atoms with Gasteiger partial charge in [0.2, 0.25) is 10.0 Å². The van der Waals surface area contributed by atoms with Gasteiger partial charge in [0.05, 0.1) is 5.02 Å². The van der Waals surface area contributed by atoms with Crippen LogP contribution in [0.3, 0.4) is 0 Å². The Morgan fingerprint density at radius 3 is 2.50 bits per heavy atom. The average Bonchev–Trinajstić information content (AvgIpc) is 2.48. The van der Waals surface area contributed by atoms with Crippen molar-refractivity contribution in [2.24, 2.45) is 5.92 Å². The zero-order valence-electron chi connectivity index (χ0n) is 13.1. The fourth-order valence-electron chi connectivity index (χ4n) is 2.53. The van der Waals surface area contributed by atoms with E-state index in [-0.39, 0.29) is 15.8 Å². The maximum atomic E-state index is 12.3. The molecule has 1 aromatic rings. The Bertz CT molecular complexity index is 586. The highest BCUT2D eigenvalue weighted by atomic mass is 35.5. The van der Waals surface area contributed by atoms with Crippen LogP contribution in [-0.2, 0) is 10.0 Å². The summed E-state index contributed by atoms with van der Waals surface area (Å²) in [7, 11) is -1.42. The van der Waals surface area contributed by atoms with Crippen LogP contribution in [-0.4, -0.2) is 64.5 Å². The lowest BCUT2D eigenvalue weighted by Crippen LogP contribution is -2.46. The number of benzene rings is 1. The highest BCUT2D eigenvalue weighted by Crippen LogP contribution is 2.20. The molecule has 0 bridgehead atoms. The van der Waals surface area contributed by atoms with Crippen molar-refractivity contribution in [2.45, 2.75) is 11.8 Å². The molecule has 1 unspecified atom stereocenters. The molecule has 2 rings (SSSR count). The van der Waals surface area contributed by atoms with Gasteiger partial charge < -0.3 is 9.80 Å². The Labute approximate surface area is 138 Å². The molecule has 0 spiro atoms. The first-order valence-electron chi connectivity index (χ1n) is 7.53. The van der Waals surface area contributed by atoms with Crippen LogP contribution in [0, 0.1) is 5.92 Å². The van der Waals surface area contributed by atoms with Gasteiger partial charge in [0.15, 0.2) is 0 Å². The Morgan fingerprint density at radius 1 is 1.23 bits per heavy atom. The van der Waals surface area contributed by atoms with E-state index in [9.17, 15) is 8.42 Å².